The van der Waals surface area contributed by atoms with Gasteiger partial charge in [-0.2, -0.15) is 0 Å². The Balaban J connectivity index is 1.40. The highest BCUT2D eigenvalue weighted by Gasteiger charge is 2.63. The monoisotopic (exact) mass is 357 g/mol. The van der Waals surface area contributed by atoms with Crippen LogP contribution in [0.5, 0.6) is 0 Å². The van der Waals surface area contributed by atoms with Crippen molar-refractivity contribution in [3.63, 3.8) is 0 Å². The lowest BCUT2D eigenvalue weighted by molar-refractivity contribution is -0.149. The van der Waals surface area contributed by atoms with Crippen LogP contribution < -0.4 is 11.1 Å². The summed E-state index contributed by atoms with van der Waals surface area (Å²) in [6, 6.07) is 8.26. The standard InChI is InChI=1S/C19H23N3O4/c1-10(17(23)21-9-12(20)11-5-3-2-4-6-11)22-18(24)15-13-7-8-14(26-13)16(15)19(22)25/h2-6,10,12-16H,7-9,20H2,1H3,(H,21,23). The van der Waals surface area contributed by atoms with Crippen LogP contribution in [0.1, 0.15) is 31.4 Å². The van der Waals surface area contributed by atoms with E-state index in [9.17, 15) is 14.4 Å². The summed E-state index contributed by atoms with van der Waals surface area (Å²) in [6.07, 6.45) is 1.28. The number of carbonyl (C=O) groups is 3. The van der Waals surface area contributed by atoms with Gasteiger partial charge in [0.1, 0.15) is 6.04 Å². The van der Waals surface area contributed by atoms with E-state index >= 15 is 0 Å². The zero-order chi connectivity index (χ0) is 18.4. The van der Waals surface area contributed by atoms with E-state index in [-0.39, 0.29) is 42.5 Å². The first-order valence-electron chi connectivity index (χ1n) is 9.09. The highest BCUT2D eigenvalue weighted by atomic mass is 16.5. The molecule has 3 saturated heterocycles. The number of nitrogens with zero attached hydrogens (tertiary/aromatic N) is 1. The predicted octanol–water partition coefficient (Wildman–Crippen LogP) is 0.354. The van der Waals surface area contributed by atoms with Gasteiger partial charge < -0.3 is 15.8 Å². The molecule has 0 aliphatic carbocycles. The number of ether oxygens (including phenoxy) is 1. The molecule has 0 aromatic heterocycles. The zero-order valence-corrected chi connectivity index (χ0v) is 14.6. The Morgan fingerprint density at radius 1 is 1.19 bits per heavy atom. The Morgan fingerprint density at radius 2 is 1.77 bits per heavy atom. The van der Waals surface area contributed by atoms with Gasteiger partial charge in [-0.05, 0) is 25.3 Å². The molecule has 26 heavy (non-hydrogen) atoms. The minimum Gasteiger partial charge on any atom is -0.373 e. The van der Waals surface area contributed by atoms with E-state index < -0.39 is 17.9 Å². The van der Waals surface area contributed by atoms with Gasteiger partial charge in [0.2, 0.25) is 17.7 Å². The van der Waals surface area contributed by atoms with Gasteiger partial charge in [-0.15, -0.1) is 0 Å². The molecular weight excluding hydrogens is 334 g/mol. The third-order valence-corrected chi connectivity index (χ3v) is 5.81. The van der Waals surface area contributed by atoms with Gasteiger partial charge in [0.25, 0.3) is 0 Å². The molecule has 1 aromatic rings. The van der Waals surface area contributed by atoms with Crippen LogP contribution in [0.4, 0.5) is 0 Å². The molecule has 0 spiro atoms. The van der Waals surface area contributed by atoms with E-state index in [1.165, 1.54) is 0 Å². The fourth-order valence-corrected chi connectivity index (χ4v) is 4.41. The predicted molar refractivity (Wildman–Crippen MR) is 92.6 cm³/mol. The highest BCUT2D eigenvalue weighted by Crippen LogP contribution is 2.48. The number of amides is 3. The number of likely N-dealkylation sites (tertiary alicyclic amines) is 1. The minimum atomic E-state index is -0.844. The van der Waals surface area contributed by atoms with Crippen LogP contribution in [-0.2, 0) is 19.1 Å². The van der Waals surface area contributed by atoms with Gasteiger partial charge in [-0.25, -0.2) is 0 Å². The topological polar surface area (TPSA) is 102 Å². The average molecular weight is 357 g/mol. The summed E-state index contributed by atoms with van der Waals surface area (Å²) >= 11 is 0. The Morgan fingerprint density at radius 3 is 2.35 bits per heavy atom. The number of fused-ring (bicyclic) bond motifs is 5. The van der Waals surface area contributed by atoms with Crippen molar-refractivity contribution < 1.29 is 19.1 Å². The Kier molecular flexibility index (Phi) is 4.28. The second kappa shape index (κ2) is 6.48. The van der Waals surface area contributed by atoms with Crippen molar-refractivity contribution in [2.45, 2.75) is 44.1 Å². The van der Waals surface area contributed by atoms with Crippen LogP contribution in [0.15, 0.2) is 30.3 Å². The van der Waals surface area contributed by atoms with Crippen LogP contribution in [-0.4, -0.2) is 47.4 Å². The maximum Gasteiger partial charge on any atom is 0.243 e. The van der Waals surface area contributed by atoms with Crippen molar-refractivity contribution >= 4 is 17.7 Å². The summed E-state index contributed by atoms with van der Waals surface area (Å²) in [6.45, 7) is 1.83. The van der Waals surface area contributed by atoms with Crippen LogP contribution in [0.2, 0.25) is 0 Å². The molecule has 4 rings (SSSR count). The van der Waals surface area contributed by atoms with Crippen molar-refractivity contribution in [3.8, 4) is 0 Å². The second-order valence-corrected chi connectivity index (χ2v) is 7.33. The van der Waals surface area contributed by atoms with Gasteiger partial charge in [0, 0.05) is 12.6 Å². The molecule has 6 atom stereocenters. The molecule has 0 radical (unpaired) electrons. The van der Waals surface area contributed by atoms with Crippen molar-refractivity contribution in [2.75, 3.05) is 6.54 Å². The van der Waals surface area contributed by atoms with E-state index in [1.54, 1.807) is 6.92 Å². The summed E-state index contributed by atoms with van der Waals surface area (Å²) in [5.74, 6) is -1.75. The largest absolute Gasteiger partial charge is 0.373 e. The summed E-state index contributed by atoms with van der Waals surface area (Å²) in [5.41, 5.74) is 7.01. The smallest absolute Gasteiger partial charge is 0.243 e. The normalized spacial score (nSPS) is 31.8. The fraction of sp³-hybridized carbons (Fsp3) is 0.526. The van der Waals surface area contributed by atoms with E-state index in [2.05, 4.69) is 5.32 Å². The first-order chi connectivity index (χ1) is 12.5. The van der Waals surface area contributed by atoms with Crippen LogP contribution >= 0.6 is 0 Å². The molecule has 6 unspecified atom stereocenters. The van der Waals surface area contributed by atoms with E-state index in [1.807, 2.05) is 30.3 Å². The number of carbonyl (C=O) groups excluding carboxylic acids is 3. The molecule has 7 heteroatoms. The number of nitrogens with two attached hydrogens (primary N) is 1. The van der Waals surface area contributed by atoms with Gasteiger partial charge in [-0.1, -0.05) is 30.3 Å². The van der Waals surface area contributed by atoms with E-state index in [0.717, 1.165) is 23.3 Å². The molecule has 7 nitrogen and oxygen atoms in total. The molecule has 3 fully saturated rings. The first kappa shape index (κ1) is 17.2. The van der Waals surface area contributed by atoms with Gasteiger partial charge in [-0.3, -0.25) is 19.3 Å². The van der Waals surface area contributed by atoms with E-state index in [4.69, 9.17) is 10.5 Å². The fourth-order valence-electron chi connectivity index (χ4n) is 4.41. The molecular formula is C19H23N3O4. The maximum absolute atomic E-state index is 12.7. The van der Waals surface area contributed by atoms with Gasteiger partial charge in [0.15, 0.2) is 0 Å². The number of imide groups is 1. The second-order valence-electron chi connectivity index (χ2n) is 7.33. The van der Waals surface area contributed by atoms with Crippen LogP contribution in [0, 0.1) is 11.8 Å². The summed E-state index contributed by atoms with van der Waals surface area (Å²) < 4.78 is 5.71. The third-order valence-electron chi connectivity index (χ3n) is 5.81. The molecule has 1 aromatic carbocycles. The summed E-state index contributed by atoms with van der Waals surface area (Å²) in [4.78, 5) is 39.1. The number of rotatable bonds is 5. The van der Waals surface area contributed by atoms with Gasteiger partial charge in [0.05, 0.1) is 24.0 Å². The lowest BCUT2D eigenvalue weighted by atomic mass is 9.81. The molecule has 3 aliphatic heterocycles. The number of hydrogen-bond donors (Lipinski definition) is 2. The average Bonchev–Trinajstić information content (AvgIpc) is 3.33. The lowest BCUT2D eigenvalue weighted by Crippen LogP contribution is -2.50. The quantitative estimate of drug-likeness (QED) is 0.741. The minimum absolute atomic E-state index is 0.173. The molecule has 138 valence electrons. The van der Waals surface area contributed by atoms with Crippen molar-refractivity contribution in [2.24, 2.45) is 17.6 Å². The van der Waals surface area contributed by atoms with Crippen molar-refractivity contribution in [1.29, 1.82) is 0 Å². The van der Waals surface area contributed by atoms with Gasteiger partial charge >= 0.3 is 0 Å². The molecule has 3 aliphatic rings. The number of benzene rings is 1. The van der Waals surface area contributed by atoms with Crippen LogP contribution in [0.25, 0.3) is 0 Å². The molecule has 2 bridgehead atoms. The Hall–Kier alpha value is -2.25. The van der Waals surface area contributed by atoms with Crippen LogP contribution in [0.3, 0.4) is 0 Å². The number of nitrogens with one attached hydrogen (secondary N) is 1. The van der Waals surface area contributed by atoms with Crippen molar-refractivity contribution in [1.82, 2.24) is 10.2 Å². The summed E-state index contributed by atoms with van der Waals surface area (Å²) in [7, 11) is 0. The Labute approximate surface area is 151 Å². The number of hydrogen-bond acceptors (Lipinski definition) is 5. The third kappa shape index (κ3) is 2.62. The SMILES string of the molecule is CC(C(=O)NCC(N)c1ccccc1)N1C(=O)C2C3CCC(O3)C2C1=O. The Bertz CT molecular complexity index is 710. The molecule has 3 heterocycles. The maximum atomic E-state index is 12.7. The summed E-state index contributed by atoms with van der Waals surface area (Å²) in [5, 5.41) is 2.76. The first-order valence-corrected chi connectivity index (χ1v) is 9.09. The zero-order valence-electron chi connectivity index (χ0n) is 14.6. The lowest BCUT2D eigenvalue weighted by Gasteiger charge is -2.24. The molecule has 3 amide bonds. The van der Waals surface area contributed by atoms with Crippen molar-refractivity contribution in [3.05, 3.63) is 35.9 Å². The highest BCUT2D eigenvalue weighted by molar-refractivity contribution is 6.09. The molecule has 0 saturated carbocycles. The van der Waals surface area contributed by atoms with E-state index in [0.29, 0.717) is 0 Å². The molecule has 3 N–H and O–H groups in total.